The van der Waals surface area contributed by atoms with E-state index in [1.165, 1.54) is 0 Å². The zero-order chi connectivity index (χ0) is 4.50. The van der Waals surface area contributed by atoms with Gasteiger partial charge < -0.3 is 19.0 Å². The summed E-state index contributed by atoms with van der Waals surface area (Å²) in [5.74, 6) is 0. The van der Waals surface area contributed by atoms with Gasteiger partial charge in [0.25, 0.3) is 0 Å². The molecule has 1 radical (unpaired) electrons. The van der Waals surface area contributed by atoms with Gasteiger partial charge in [0.15, 0.2) is 0 Å². The van der Waals surface area contributed by atoms with Crippen LogP contribution in [0, 0.1) is 0 Å². The first-order valence-electron chi connectivity index (χ1n) is 0.783. The monoisotopic (exact) mass is 255 g/mol. The predicted molar refractivity (Wildman–Crippen MR) is 23.4 cm³/mol. The maximum absolute atomic E-state index is 8.88. The van der Waals surface area contributed by atoms with Crippen molar-refractivity contribution in [2.24, 2.45) is 0 Å². The Labute approximate surface area is 105 Å². The van der Waals surface area contributed by atoms with Crippen LogP contribution in [0.3, 0.4) is 0 Å². The molecule has 3 N–H and O–H groups in total. The van der Waals surface area contributed by atoms with Crippen molar-refractivity contribution >= 4 is 30.9 Å². The van der Waals surface area contributed by atoms with Crippen LogP contribution < -0.4 is 29.6 Å². The third-order valence-electron chi connectivity index (χ3n) is 0. The fourth-order valence-electron chi connectivity index (χ4n) is 0. The summed E-state index contributed by atoms with van der Waals surface area (Å²) in [6.07, 6.45) is 0. The van der Waals surface area contributed by atoms with Crippen LogP contribution in [-0.4, -0.2) is 37.7 Å². The molecule has 0 rings (SSSR count). The summed E-state index contributed by atoms with van der Waals surface area (Å²) in [5.41, 5.74) is 0. The van der Waals surface area contributed by atoms with Crippen molar-refractivity contribution in [3.8, 4) is 0 Å². The van der Waals surface area contributed by atoms with Crippen molar-refractivity contribution in [1.29, 1.82) is 0 Å². The topological polar surface area (TPSA) is 77.8 Å². The molecule has 0 aromatic rings. The molecule has 0 saturated carbocycles. The van der Waals surface area contributed by atoms with Crippen molar-refractivity contribution in [1.82, 2.24) is 0 Å². The molecule has 0 saturated heterocycles. The Morgan fingerprint density at radius 2 is 1.25 bits per heavy atom. The molecule has 8 heavy (non-hydrogen) atoms. The van der Waals surface area contributed by atoms with Gasteiger partial charge in [-0.3, -0.25) is 0 Å². The fourth-order valence-corrected chi connectivity index (χ4v) is 0. The third kappa shape index (κ3) is 73.0. The molecule has 0 unspecified atom stereocenters. The van der Waals surface area contributed by atoms with Crippen LogP contribution in [0.5, 0.6) is 0 Å². The smallest absolute Gasteiger partial charge is 1.00 e. The van der Waals surface area contributed by atoms with Gasteiger partial charge in [0.1, 0.15) is 0 Å². The van der Waals surface area contributed by atoms with Gasteiger partial charge in [-0.1, -0.05) is 0 Å². The van der Waals surface area contributed by atoms with Crippen LogP contribution in [0.1, 0.15) is 4.28 Å². The van der Waals surface area contributed by atoms with E-state index < -0.39 is 7.82 Å². The quantitative estimate of drug-likeness (QED) is 0.305. The molecule has 0 fully saturated rings. The number of hydrogen-bond acceptors (Lipinski definition) is 1. The Morgan fingerprint density at radius 1 is 1.25 bits per heavy atom. The third-order valence-corrected chi connectivity index (χ3v) is 0. The van der Waals surface area contributed by atoms with Gasteiger partial charge in [-0.05, 0) is 0 Å². The van der Waals surface area contributed by atoms with E-state index in [1.54, 1.807) is 0 Å². The van der Waals surface area contributed by atoms with Crippen LogP contribution in [0.4, 0.5) is 0 Å². The normalized spacial score (nSPS) is 7.38. The van der Waals surface area contributed by atoms with Crippen molar-refractivity contribution in [2.75, 3.05) is 0 Å². The number of phosphoric acid groups is 1. The zero-order valence-electron chi connectivity index (χ0n) is 7.21. The molecule has 0 bridgehead atoms. The second kappa shape index (κ2) is 9.62. The molecule has 0 amide bonds. The molecule has 0 aromatic carbocycles. The second-order valence-electron chi connectivity index (χ2n) is 0.513. The Bertz CT molecular complexity index is 71.5. The maximum atomic E-state index is 8.88. The average Bonchev–Trinajstić information content (AvgIpc) is 0.722. The largest absolute Gasteiger partial charge is 2.00 e. The van der Waals surface area contributed by atoms with E-state index in [-0.39, 0.29) is 79.3 Å². The summed E-state index contributed by atoms with van der Waals surface area (Å²) >= 11 is 0. The predicted octanol–water partition coefficient (Wildman–Crippen LogP) is -3.97. The van der Waals surface area contributed by atoms with E-state index >= 15 is 0 Å². The zero-order valence-corrected chi connectivity index (χ0v) is 10.00. The van der Waals surface area contributed by atoms with Crippen molar-refractivity contribution in [3.63, 3.8) is 0 Å². The van der Waals surface area contributed by atoms with E-state index in [1.807, 2.05) is 0 Å². The summed E-state index contributed by atoms with van der Waals surface area (Å²) in [4.78, 5) is 21.6. The van der Waals surface area contributed by atoms with E-state index in [4.69, 9.17) is 19.2 Å². The molecular formula is H6AgMgNaO4P. The van der Waals surface area contributed by atoms with Crippen molar-refractivity contribution in [2.45, 2.75) is 0 Å². The minimum absolute atomic E-state index is 0. The molecule has 0 aromatic heterocycles. The summed E-state index contributed by atoms with van der Waals surface area (Å²) in [7, 11) is -4.64. The second-order valence-corrected chi connectivity index (χ2v) is 1.54. The summed E-state index contributed by atoms with van der Waals surface area (Å²) in [6, 6.07) is 0. The summed E-state index contributed by atoms with van der Waals surface area (Å²) in [5, 5.41) is 0. The number of hydrogen-bond donors (Lipinski definition) is 3. The SMILES string of the molecule is O=P(O)(O)O.[Ag].[H-].[H-].[H-].[Mg+2].[Na+]. The molecule has 0 aliphatic rings. The molecule has 4 nitrogen and oxygen atoms in total. The molecule has 49 valence electrons. The molecule has 0 aliphatic heterocycles. The molecule has 0 spiro atoms. The van der Waals surface area contributed by atoms with E-state index in [9.17, 15) is 0 Å². The Hall–Kier alpha value is 2.62. The van der Waals surface area contributed by atoms with E-state index in [2.05, 4.69) is 0 Å². The van der Waals surface area contributed by atoms with Gasteiger partial charge in [-0.25, -0.2) is 4.57 Å². The molecule has 0 heterocycles. The molecular weight excluding hydrogens is 250 g/mol. The average molecular weight is 256 g/mol. The Balaban J connectivity index is -0.00000000533. The fraction of sp³-hybridized carbons (Fsp3) is 0. The molecule has 0 aliphatic carbocycles. The Kier molecular flexibility index (Phi) is 27.0. The van der Waals surface area contributed by atoms with E-state index in [0.717, 1.165) is 0 Å². The van der Waals surface area contributed by atoms with Crippen molar-refractivity contribution in [3.05, 3.63) is 0 Å². The first-order chi connectivity index (χ1) is 2.00. The standard InChI is InChI=1S/Ag.Mg.Na.H3O4P.3H/c;;;1-5(2,3)4;;;/h;;;(H3,1,2,3,4);;;/q;+2;+1;;3*-1. The van der Waals surface area contributed by atoms with Crippen LogP contribution in [-0.2, 0) is 26.9 Å². The van der Waals surface area contributed by atoms with Gasteiger partial charge in [0, 0.05) is 22.4 Å². The van der Waals surface area contributed by atoms with Crippen LogP contribution >= 0.6 is 7.82 Å². The van der Waals surface area contributed by atoms with Crippen LogP contribution in [0.2, 0.25) is 0 Å². The van der Waals surface area contributed by atoms with Gasteiger partial charge in [-0.15, -0.1) is 0 Å². The van der Waals surface area contributed by atoms with Crippen molar-refractivity contribution < 1.29 is 75.5 Å². The van der Waals surface area contributed by atoms with Gasteiger partial charge in [0.2, 0.25) is 0 Å². The Morgan fingerprint density at radius 3 is 1.25 bits per heavy atom. The minimum Gasteiger partial charge on any atom is -1.00 e. The minimum atomic E-state index is -4.64. The summed E-state index contributed by atoms with van der Waals surface area (Å²) in [6.45, 7) is 0. The van der Waals surface area contributed by atoms with Crippen LogP contribution in [0.25, 0.3) is 0 Å². The first-order valence-corrected chi connectivity index (χ1v) is 2.35. The molecule has 0 atom stereocenters. The number of rotatable bonds is 0. The van der Waals surface area contributed by atoms with Crippen LogP contribution in [0.15, 0.2) is 0 Å². The van der Waals surface area contributed by atoms with Gasteiger partial charge >= 0.3 is 60.4 Å². The van der Waals surface area contributed by atoms with E-state index in [0.29, 0.717) is 0 Å². The van der Waals surface area contributed by atoms with Gasteiger partial charge in [0.05, 0.1) is 0 Å². The maximum Gasteiger partial charge on any atom is 2.00 e. The molecule has 8 heteroatoms. The first kappa shape index (κ1) is 22.4. The van der Waals surface area contributed by atoms with Gasteiger partial charge in [-0.2, -0.15) is 0 Å². The summed E-state index contributed by atoms with van der Waals surface area (Å²) < 4.78 is 8.88.